The highest BCUT2D eigenvalue weighted by atomic mass is 79.9. The number of anilines is 1. The number of halogens is 1. The molecule has 1 N–H and O–H groups in total. The molecule has 1 amide bonds. The van der Waals surface area contributed by atoms with Gasteiger partial charge in [0.15, 0.2) is 10.3 Å². The van der Waals surface area contributed by atoms with Gasteiger partial charge in [0.25, 0.3) is 5.91 Å². The van der Waals surface area contributed by atoms with E-state index in [1.165, 1.54) is 0 Å². The number of nitrogens with one attached hydrogen (secondary N) is 1. The van der Waals surface area contributed by atoms with E-state index in [1.807, 2.05) is 10.6 Å². The smallest absolute Gasteiger partial charge is 0.272 e. The van der Waals surface area contributed by atoms with Crippen molar-refractivity contribution in [3.05, 3.63) is 34.9 Å². The SMILES string of the molecule is COCCn1c(C(=O)Nc2cnn(C)c2)cc2oc(Br)cc21. The molecule has 3 rings (SSSR count). The van der Waals surface area contributed by atoms with E-state index < -0.39 is 0 Å². The van der Waals surface area contributed by atoms with Crippen molar-refractivity contribution < 1.29 is 13.9 Å². The van der Waals surface area contributed by atoms with Crippen LogP contribution in [0.4, 0.5) is 5.69 Å². The molecule has 0 spiro atoms. The molecule has 8 heteroatoms. The van der Waals surface area contributed by atoms with Crippen LogP contribution in [0.25, 0.3) is 11.1 Å². The Labute approximate surface area is 135 Å². The lowest BCUT2D eigenvalue weighted by Gasteiger charge is -2.09. The summed E-state index contributed by atoms with van der Waals surface area (Å²) in [5.41, 5.74) is 2.66. The fourth-order valence-electron chi connectivity index (χ4n) is 2.30. The van der Waals surface area contributed by atoms with Gasteiger partial charge in [-0.1, -0.05) is 0 Å². The van der Waals surface area contributed by atoms with Gasteiger partial charge < -0.3 is 19.0 Å². The molecule has 0 aliphatic rings. The third kappa shape index (κ3) is 2.79. The number of hydrogen-bond donors (Lipinski definition) is 1. The Balaban J connectivity index is 1.94. The minimum absolute atomic E-state index is 0.216. The van der Waals surface area contributed by atoms with Crippen LogP contribution in [0.2, 0.25) is 0 Å². The zero-order chi connectivity index (χ0) is 15.7. The quantitative estimate of drug-likeness (QED) is 0.753. The second kappa shape index (κ2) is 5.98. The fourth-order valence-corrected chi connectivity index (χ4v) is 2.70. The van der Waals surface area contributed by atoms with Gasteiger partial charge in [-0.2, -0.15) is 5.10 Å². The number of fused-ring (bicyclic) bond motifs is 1. The average Bonchev–Trinajstić information content (AvgIpc) is 3.11. The van der Waals surface area contributed by atoms with Crippen LogP contribution in [0.3, 0.4) is 0 Å². The number of methoxy groups -OCH3 is 1. The molecule has 22 heavy (non-hydrogen) atoms. The Morgan fingerprint density at radius 3 is 3.00 bits per heavy atom. The van der Waals surface area contributed by atoms with Gasteiger partial charge in [0, 0.05) is 39.0 Å². The lowest BCUT2D eigenvalue weighted by molar-refractivity contribution is 0.101. The molecule has 0 aliphatic carbocycles. The molecule has 0 unspecified atom stereocenters. The van der Waals surface area contributed by atoms with Crippen LogP contribution < -0.4 is 5.32 Å². The number of aromatic nitrogens is 3. The number of hydrogen-bond acceptors (Lipinski definition) is 4. The summed E-state index contributed by atoms with van der Waals surface area (Å²) >= 11 is 3.30. The number of nitrogens with zero attached hydrogens (tertiary/aromatic N) is 3. The summed E-state index contributed by atoms with van der Waals surface area (Å²) in [5, 5.41) is 6.85. The topological polar surface area (TPSA) is 74.2 Å². The average molecular weight is 367 g/mol. The van der Waals surface area contributed by atoms with E-state index in [-0.39, 0.29) is 5.91 Å². The first-order chi connectivity index (χ1) is 10.6. The highest BCUT2D eigenvalue weighted by Crippen LogP contribution is 2.27. The molecule has 116 valence electrons. The minimum atomic E-state index is -0.216. The third-order valence-corrected chi connectivity index (χ3v) is 3.66. The summed E-state index contributed by atoms with van der Waals surface area (Å²) in [4.78, 5) is 12.5. The van der Waals surface area contributed by atoms with Crippen LogP contribution in [0.5, 0.6) is 0 Å². The highest BCUT2D eigenvalue weighted by molar-refractivity contribution is 9.10. The minimum Gasteiger partial charge on any atom is -0.448 e. The second-order valence-corrected chi connectivity index (χ2v) is 5.61. The molecule has 0 saturated heterocycles. The van der Waals surface area contributed by atoms with Gasteiger partial charge in [-0.15, -0.1) is 0 Å². The maximum Gasteiger partial charge on any atom is 0.272 e. The van der Waals surface area contributed by atoms with Gasteiger partial charge >= 0.3 is 0 Å². The molecule has 0 atom stereocenters. The van der Waals surface area contributed by atoms with E-state index in [4.69, 9.17) is 9.15 Å². The molecule has 3 heterocycles. The summed E-state index contributed by atoms with van der Waals surface area (Å²) in [5.74, 6) is -0.216. The summed E-state index contributed by atoms with van der Waals surface area (Å²) in [7, 11) is 3.42. The standard InChI is InChI=1S/C14H15BrN4O3/c1-18-8-9(7-16-18)17-14(20)11-5-12-10(6-13(15)22-12)19(11)3-4-21-2/h5-8H,3-4H2,1-2H3,(H,17,20). The zero-order valence-corrected chi connectivity index (χ0v) is 13.8. The molecule has 3 aromatic heterocycles. The number of rotatable bonds is 5. The van der Waals surface area contributed by atoms with Crippen molar-refractivity contribution in [2.45, 2.75) is 6.54 Å². The normalized spacial score (nSPS) is 11.2. The lowest BCUT2D eigenvalue weighted by atomic mass is 10.3. The Bertz CT molecular complexity index is 817. The zero-order valence-electron chi connectivity index (χ0n) is 12.2. The van der Waals surface area contributed by atoms with Gasteiger partial charge in [0.05, 0.1) is 24.0 Å². The maximum absolute atomic E-state index is 12.5. The number of furan rings is 1. The fraction of sp³-hybridized carbons (Fsp3) is 0.286. The summed E-state index contributed by atoms with van der Waals surface area (Å²) in [6, 6.07) is 3.56. The van der Waals surface area contributed by atoms with Crippen LogP contribution in [0, 0.1) is 0 Å². The lowest BCUT2D eigenvalue weighted by Crippen LogP contribution is -2.18. The van der Waals surface area contributed by atoms with Crippen molar-refractivity contribution in [2.24, 2.45) is 7.05 Å². The van der Waals surface area contributed by atoms with E-state index in [0.29, 0.717) is 34.8 Å². The van der Waals surface area contributed by atoms with E-state index in [2.05, 4.69) is 26.3 Å². The molecule has 0 bridgehead atoms. The molecule has 0 radical (unpaired) electrons. The van der Waals surface area contributed by atoms with Gasteiger partial charge in [0.1, 0.15) is 5.69 Å². The number of ether oxygens (including phenoxy) is 1. The first-order valence-corrected chi connectivity index (χ1v) is 7.45. The van der Waals surface area contributed by atoms with Crippen molar-refractivity contribution in [1.29, 1.82) is 0 Å². The van der Waals surface area contributed by atoms with E-state index in [9.17, 15) is 4.79 Å². The van der Waals surface area contributed by atoms with E-state index >= 15 is 0 Å². The van der Waals surface area contributed by atoms with E-state index in [1.54, 1.807) is 37.3 Å². The van der Waals surface area contributed by atoms with Crippen LogP contribution in [0.15, 0.2) is 33.6 Å². The number of carbonyl (C=O) groups is 1. The summed E-state index contributed by atoms with van der Waals surface area (Å²) < 4.78 is 14.8. The molecular formula is C14H15BrN4O3. The first kappa shape index (κ1) is 14.9. The Hall–Kier alpha value is -2.06. The van der Waals surface area contributed by atoms with Crippen LogP contribution >= 0.6 is 15.9 Å². The van der Waals surface area contributed by atoms with Crippen molar-refractivity contribution in [2.75, 3.05) is 19.0 Å². The molecule has 0 saturated carbocycles. The Morgan fingerprint density at radius 1 is 1.50 bits per heavy atom. The predicted molar refractivity (Wildman–Crippen MR) is 84.9 cm³/mol. The molecule has 0 aliphatic heterocycles. The predicted octanol–water partition coefficient (Wildman–Crippen LogP) is 2.63. The number of aryl methyl sites for hydroxylation is 1. The second-order valence-electron chi connectivity index (χ2n) is 4.83. The number of carbonyl (C=O) groups excluding carboxylic acids is 1. The Morgan fingerprint density at radius 2 is 2.32 bits per heavy atom. The molecule has 7 nitrogen and oxygen atoms in total. The summed E-state index contributed by atoms with van der Waals surface area (Å²) in [6.45, 7) is 1.06. The van der Waals surface area contributed by atoms with Gasteiger partial charge in [-0.05, 0) is 15.9 Å². The largest absolute Gasteiger partial charge is 0.448 e. The molecule has 0 aromatic carbocycles. The Kier molecular flexibility index (Phi) is 4.04. The molecule has 3 aromatic rings. The van der Waals surface area contributed by atoms with Crippen LogP contribution in [0.1, 0.15) is 10.5 Å². The van der Waals surface area contributed by atoms with Crippen LogP contribution in [-0.4, -0.2) is 34.0 Å². The number of amides is 1. The maximum atomic E-state index is 12.5. The highest BCUT2D eigenvalue weighted by Gasteiger charge is 2.19. The van der Waals surface area contributed by atoms with E-state index in [0.717, 1.165) is 5.52 Å². The van der Waals surface area contributed by atoms with Crippen LogP contribution in [-0.2, 0) is 18.3 Å². The van der Waals surface area contributed by atoms with Gasteiger partial charge in [-0.25, -0.2) is 0 Å². The monoisotopic (exact) mass is 366 g/mol. The molecule has 0 fully saturated rings. The van der Waals surface area contributed by atoms with Gasteiger partial charge in [0.2, 0.25) is 0 Å². The van der Waals surface area contributed by atoms with Crippen molar-refractivity contribution in [3.63, 3.8) is 0 Å². The first-order valence-electron chi connectivity index (χ1n) is 6.66. The van der Waals surface area contributed by atoms with Crippen molar-refractivity contribution >= 4 is 38.6 Å². The third-order valence-electron chi connectivity index (χ3n) is 3.27. The molecular weight excluding hydrogens is 352 g/mol. The van der Waals surface area contributed by atoms with Crippen molar-refractivity contribution in [1.82, 2.24) is 14.3 Å². The van der Waals surface area contributed by atoms with Crippen molar-refractivity contribution in [3.8, 4) is 0 Å². The van der Waals surface area contributed by atoms with Gasteiger partial charge in [-0.3, -0.25) is 9.48 Å². The summed E-state index contributed by atoms with van der Waals surface area (Å²) in [6.07, 6.45) is 3.34.